The lowest BCUT2D eigenvalue weighted by molar-refractivity contribution is 0.0912. The Morgan fingerprint density at radius 3 is 2.65 bits per heavy atom. The Labute approximate surface area is 144 Å². The van der Waals surface area contributed by atoms with Gasteiger partial charge in [-0.2, -0.15) is 0 Å². The average Bonchev–Trinajstić information content (AvgIpc) is 2.96. The molecule has 0 spiro atoms. The van der Waals surface area contributed by atoms with Gasteiger partial charge in [-0.05, 0) is 31.0 Å². The number of carbonyl (C=O) groups is 1. The van der Waals surface area contributed by atoms with Crippen LogP contribution in [0.4, 0.5) is 4.39 Å². The maximum absolute atomic E-state index is 12.9. The zero-order chi connectivity index (χ0) is 16.1. The van der Waals surface area contributed by atoms with Crippen molar-refractivity contribution in [3.63, 3.8) is 0 Å². The van der Waals surface area contributed by atoms with Gasteiger partial charge in [0.25, 0.3) is 5.91 Å². The molecule has 0 aliphatic carbocycles. The summed E-state index contributed by atoms with van der Waals surface area (Å²) in [4.78, 5) is 16.1. The van der Waals surface area contributed by atoms with E-state index in [-0.39, 0.29) is 30.2 Å². The number of benzene rings is 1. The predicted octanol–water partition coefficient (Wildman–Crippen LogP) is 2.40. The van der Waals surface area contributed by atoms with Crippen molar-refractivity contribution in [3.8, 4) is 0 Å². The number of carbonyl (C=O) groups excluding carboxylic acids is 1. The topological polar surface area (TPSA) is 88.2 Å². The highest BCUT2D eigenvalue weighted by Crippen LogP contribution is 2.19. The number of nitrogens with two attached hydrogens (primary N) is 1. The summed E-state index contributed by atoms with van der Waals surface area (Å²) in [5, 5.41) is 15.2. The molecular weight excluding hydrogens is 341 g/mol. The minimum atomic E-state index is -0.772. The van der Waals surface area contributed by atoms with Crippen LogP contribution >= 0.6 is 23.7 Å². The fourth-order valence-corrected chi connectivity index (χ4v) is 2.68. The van der Waals surface area contributed by atoms with Crippen LogP contribution in [0.25, 0.3) is 0 Å². The highest BCUT2D eigenvalue weighted by atomic mass is 35.5. The number of halogens is 2. The Kier molecular flexibility index (Phi) is 7.57. The normalized spacial score (nSPS) is 13.0. The molecule has 2 unspecified atom stereocenters. The number of aliphatic hydroxyl groups excluding tert-OH is 1. The third-order valence-electron chi connectivity index (χ3n) is 3.17. The van der Waals surface area contributed by atoms with E-state index < -0.39 is 6.10 Å². The molecule has 0 fully saturated rings. The fourth-order valence-electron chi connectivity index (χ4n) is 2.02. The summed E-state index contributed by atoms with van der Waals surface area (Å²) in [6.45, 7) is 2.09. The molecule has 1 aromatic carbocycles. The summed E-state index contributed by atoms with van der Waals surface area (Å²) in [6.07, 6.45) is -0.448. The summed E-state index contributed by atoms with van der Waals surface area (Å²) in [5.74, 6) is -0.647. The minimum Gasteiger partial charge on any atom is -0.388 e. The second kappa shape index (κ2) is 8.93. The van der Waals surface area contributed by atoms with Gasteiger partial charge in [-0.3, -0.25) is 4.79 Å². The number of hydrogen-bond donors (Lipinski definition) is 3. The van der Waals surface area contributed by atoms with Crippen molar-refractivity contribution in [1.29, 1.82) is 0 Å². The van der Waals surface area contributed by atoms with Crippen LogP contribution in [-0.2, 0) is 6.54 Å². The van der Waals surface area contributed by atoms with Crippen LogP contribution in [0, 0.1) is 5.82 Å². The molecule has 126 valence electrons. The van der Waals surface area contributed by atoms with Crippen molar-refractivity contribution < 1.29 is 14.3 Å². The zero-order valence-electron chi connectivity index (χ0n) is 12.5. The Balaban J connectivity index is 0.00000264. The number of amides is 1. The fraction of sp³-hybridized carbons (Fsp3) is 0.333. The number of aliphatic hydroxyl groups is 1. The summed E-state index contributed by atoms with van der Waals surface area (Å²) < 4.78 is 12.9. The van der Waals surface area contributed by atoms with Gasteiger partial charge in [0.2, 0.25) is 0 Å². The molecule has 2 aromatic rings. The van der Waals surface area contributed by atoms with E-state index in [9.17, 15) is 14.3 Å². The van der Waals surface area contributed by atoms with Crippen molar-refractivity contribution in [2.45, 2.75) is 32.0 Å². The lowest BCUT2D eigenvalue weighted by atomic mass is 10.0. The largest absolute Gasteiger partial charge is 0.388 e. The number of rotatable bonds is 6. The molecule has 1 amide bonds. The Bertz CT molecular complexity index is 636. The van der Waals surface area contributed by atoms with Gasteiger partial charge >= 0.3 is 0 Å². The summed E-state index contributed by atoms with van der Waals surface area (Å²) >= 11 is 1.34. The first-order chi connectivity index (χ1) is 10.5. The highest BCUT2D eigenvalue weighted by molar-refractivity contribution is 7.09. The molecule has 1 aromatic heterocycles. The molecule has 1 heterocycles. The zero-order valence-corrected chi connectivity index (χ0v) is 14.2. The summed E-state index contributed by atoms with van der Waals surface area (Å²) in [5.41, 5.74) is 6.40. The Morgan fingerprint density at radius 1 is 1.43 bits per heavy atom. The average molecular weight is 360 g/mol. The van der Waals surface area contributed by atoms with Gasteiger partial charge < -0.3 is 16.2 Å². The second-order valence-corrected chi connectivity index (χ2v) is 5.95. The van der Waals surface area contributed by atoms with Crippen molar-refractivity contribution in [2.24, 2.45) is 5.73 Å². The van der Waals surface area contributed by atoms with Gasteiger partial charge in [-0.25, -0.2) is 9.37 Å². The van der Waals surface area contributed by atoms with Crippen LogP contribution < -0.4 is 11.1 Å². The third-order valence-corrected chi connectivity index (χ3v) is 4.04. The molecular formula is C15H19ClFN3O2S. The molecule has 2 atom stereocenters. The van der Waals surface area contributed by atoms with Crippen LogP contribution in [0.1, 0.15) is 40.5 Å². The molecule has 2 rings (SSSR count). The Morgan fingerprint density at radius 2 is 2.09 bits per heavy atom. The van der Waals surface area contributed by atoms with Crippen LogP contribution in [-0.4, -0.2) is 22.0 Å². The molecule has 0 radical (unpaired) electrons. The van der Waals surface area contributed by atoms with Crippen molar-refractivity contribution >= 4 is 29.7 Å². The lowest BCUT2D eigenvalue weighted by Gasteiger charge is -2.17. The molecule has 0 aliphatic rings. The smallest absolute Gasteiger partial charge is 0.270 e. The van der Waals surface area contributed by atoms with E-state index in [0.29, 0.717) is 29.2 Å². The summed E-state index contributed by atoms with van der Waals surface area (Å²) in [6, 6.07) is 5.40. The first-order valence-electron chi connectivity index (χ1n) is 6.88. The third kappa shape index (κ3) is 5.54. The number of aromatic nitrogens is 1. The van der Waals surface area contributed by atoms with E-state index in [2.05, 4.69) is 10.3 Å². The monoisotopic (exact) mass is 359 g/mol. The predicted molar refractivity (Wildman–Crippen MR) is 90.2 cm³/mol. The maximum Gasteiger partial charge on any atom is 0.270 e. The van der Waals surface area contributed by atoms with Crippen LogP contribution in [0.15, 0.2) is 29.6 Å². The Hall–Kier alpha value is -1.54. The lowest BCUT2D eigenvalue weighted by Crippen LogP contribution is -2.34. The molecule has 0 saturated heterocycles. The SMILES string of the molecule is CC(CC(O)c1ccc(F)cc1)NC(=O)c1csc(CN)n1.Cl. The van der Waals surface area contributed by atoms with Crippen molar-refractivity contribution in [2.75, 3.05) is 0 Å². The van der Waals surface area contributed by atoms with Crippen LogP contribution in [0.2, 0.25) is 0 Å². The standard InChI is InChI=1S/C15H18FN3O2S.ClH/c1-9(6-13(20)10-2-4-11(16)5-3-10)18-15(21)12-8-22-14(7-17)19-12;/h2-5,8-9,13,20H,6-7,17H2,1H3,(H,18,21);1H. The van der Waals surface area contributed by atoms with Gasteiger partial charge in [-0.1, -0.05) is 12.1 Å². The van der Waals surface area contributed by atoms with Gasteiger partial charge in [0, 0.05) is 18.0 Å². The number of nitrogens with zero attached hydrogens (tertiary/aromatic N) is 1. The molecule has 0 bridgehead atoms. The van der Waals surface area contributed by atoms with E-state index in [1.54, 1.807) is 12.3 Å². The minimum absolute atomic E-state index is 0. The maximum atomic E-state index is 12.9. The van der Waals surface area contributed by atoms with Crippen LogP contribution in [0.3, 0.4) is 0 Å². The number of hydrogen-bond acceptors (Lipinski definition) is 5. The molecule has 8 heteroatoms. The number of nitrogens with one attached hydrogen (secondary N) is 1. The first kappa shape index (κ1) is 19.5. The van der Waals surface area contributed by atoms with Gasteiger partial charge in [0.15, 0.2) is 0 Å². The van der Waals surface area contributed by atoms with E-state index in [1.165, 1.54) is 35.6 Å². The molecule has 23 heavy (non-hydrogen) atoms. The first-order valence-corrected chi connectivity index (χ1v) is 7.76. The van der Waals surface area contributed by atoms with Gasteiger partial charge in [-0.15, -0.1) is 23.7 Å². The summed E-state index contributed by atoms with van der Waals surface area (Å²) in [7, 11) is 0. The molecule has 0 saturated carbocycles. The molecule has 4 N–H and O–H groups in total. The van der Waals surface area contributed by atoms with Crippen molar-refractivity contribution in [3.05, 3.63) is 51.7 Å². The van der Waals surface area contributed by atoms with Gasteiger partial charge in [0.05, 0.1) is 6.10 Å². The van der Waals surface area contributed by atoms with Crippen LogP contribution in [0.5, 0.6) is 0 Å². The second-order valence-electron chi connectivity index (χ2n) is 5.01. The number of thiazole rings is 1. The van der Waals surface area contributed by atoms with Gasteiger partial charge in [0.1, 0.15) is 16.5 Å². The van der Waals surface area contributed by atoms with Crippen molar-refractivity contribution in [1.82, 2.24) is 10.3 Å². The molecule has 0 aliphatic heterocycles. The molecule has 5 nitrogen and oxygen atoms in total. The van der Waals surface area contributed by atoms with E-state index >= 15 is 0 Å². The van der Waals surface area contributed by atoms with E-state index in [1.807, 2.05) is 0 Å². The van der Waals surface area contributed by atoms with E-state index in [0.717, 1.165) is 0 Å². The quantitative estimate of drug-likeness (QED) is 0.739. The highest BCUT2D eigenvalue weighted by Gasteiger charge is 2.17. The van der Waals surface area contributed by atoms with E-state index in [4.69, 9.17) is 5.73 Å².